The van der Waals surface area contributed by atoms with Gasteiger partial charge in [-0.3, -0.25) is 4.79 Å². The lowest BCUT2D eigenvalue weighted by molar-refractivity contribution is -0.139. The molecule has 1 unspecified atom stereocenters. The highest BCUT2D eigenvalue weighted by atomic mass is 35.5. The molecule has 0 aliphatic carbocycles. The lowest BCUT2D eigenvalue weighted by atomic mass is 9.88. The number of carbonyl (C=O) groups is 1. The van der Waals surface area contributed by atoms with E-state index < -0.39 is 17.7 Å². The zero-order valence-electron chi connectivity index (χ0n) is 8.50. The minimum atomic E-state index is -0.966. The van der Waals surface area contributed by atoms with Gasteiger partial charge in [0.1, 0.15) is 5.82 Å². The van der Waals surface area contributed by atoms with E-state index in [-0.39, 0.29) is 10.9 Å². The average molecular weight is 231 g/mol. The third-order valence-corrected chi connectivity index (χ3v) is 2.39. The Bertz CT molecular complexity index is 357. The van der Waals surface area contributed by atoms with Gasteiger partial charge in [-0.05, 0) is 29.7 Å². The van der Waals surface area contributed by atoms with E-state index in [0.29, 0.717) is 5.56 Å². The largest absolute Gasteiger partial charge is 0.481 e. The molecule has 0 aromatic heterocycles. The maximum atomic E-state index is 13.0. The first-order valence-electron chi connectivity index (χ1n) is 4.60. The van der Waals surface area contributed by atoms with Gasteiger partial charge < -0.3 is 5.11 Å². The molecule has 1 aromatic rings. The van der Waals surface area contributed by atoms with E-state index >= 15 is 0 Å². The van der Waals surface area contributed by atoms with Crippen molar-refractivity contribution in [3.05, 3.63) is 34.6 Å². The van der Waals surface area contributed by atoms with Crippen LogP contribution in [0, 0.1) is 11.7 Å². The molecule has 1 N–H and O–H groups in total. The summed E-state index contributed by atoms with van der Waals surface area (Å²) in [7, 11) is 0. The molecule has 1 aromatic carbocycles. The zero-order chi connectivity index (χ0) is 11.6. The monoisotopic (exact) mass is 230 g/mol. The normalized spacial score (nSPS) is 12.9. The van der Waals surface area contributed by atoms with Crippen molar-refractivity contribution in [2.45, 2.75) is 19.8 Å². The van der Waals surface area contributed by atoms with E-state index in [9.17, 15) is 9.18 Å². The van der Waals surface area contributed by atoms with Crippen molar-refractivity contribution in [1.82, 2.24) is 0 Å². The Morgan fingerprint density at radius 2 is 2.00 bits per heavy atom. The molecule has 2 nitrogen and oxygen atoms in total. The molecule has 0 aliphatic rings. The third kappa shape index (κ3) is 2.93. The fourth-order valence-electron chi connectivity index (χ4n) is 1.57. The van der Waals surface area contributed by atoms with Gasteiger partial charge in [0, 0.05) is 5.02 Å². The summed E-state index contributed by atoms with van der Waals surface area (Å²) in [6.07, 6.45) is 0. The minimum absolute atomic E-state index is 0.111. The predicted octanol–water partition coefficient (Wildman–Crippen LogP) is 3.30. The second-order valence-electron chi connectivity index (χ2n) is 3.76. The van der Waals surface area contributed by atoms with Gasteiger partial charge in [0.15, 0.2) is 0 Å². The summed E-state index contributed by atoms with van der Waals surface area (Å²) >= 11 is 5.67. The summed E-state index contributed by atoms with van der Waals surface area (Å²) in [4.78, 5) is 11.0. The van der Waals surface area contributed by atoms with Crippen LogP contribution < -0.4 is 0 Å². The van der Waals surface area contributed by atoms with Gasteiger partial charge in [-0.25, -0.2) is 4.39 Å². The molecule has 15 heavy (non-hydrogen) atoms. The van der Waals surface area contributed by atoms with Gasteiger partial charge in [0.25, 0.3) is 0 Å². The fraction of sp³-hybridized carbons (Fsp3) is 0.364. The van der Waals surface area contributed by atoms with Crippen molar-refractivity contribution in [2.75, 3.05) is 0 Å². The van der Waals surface area contributed by atoms with Crippen LogP contribution in [0.25, 0.3) is 0 Å². The summed E-state index contributed by atoms with van der Waals surface area (Å²) in [5.74, 6) is -2.31. The number of carboxylic acid groups (broad SMARTS) is 1. The maximum absolute atomic E-state index is 13.0. The predicted molar refractivity (Wildman–Crippen MR) is 56.6 cm³/mol. The van der Waals surface area contributed by atoms with Crippen LogP contribution in [0.3, 0.4) is 0 Å². The lowest BCUT2D eigenvalue weighted by Crippen LogP contribution is -2.17. The SMILES string of the molecule is CC(C)C(C(=O)O)c1cc(F)cc(Cl)c1. The Balaban J connectivity index is 3.17. The summed E-state index contributed by atoms with van der Waals surface area (Å²) in [6.45, 7) is 3.55. The van der Waals surface area contributed by atoms with Crippen LogP contribution in [0.15, 0.2) is 18.2 Å². The Labute approximate surface area is 92.7 Å². The maximum Gasteiger partial charge on any atom is 0.311 e. The van der Waals surface area contributed by atoms with Gasteiger partial charge in [-0.1, -0.05) is 25.4 Å². The van der Waals surface area contributed by atoms with E-state index in [1.165, 1.54) is 12.1 Å². The summed E-state index contributed by atoms with van der Waals surface area (Å²) < 4.78 is 13.0. The van der Waals surface area contributed by atoms with Crippen LogP contribution in [0.5, 0.6) is 0 Å². The standard InChI is InChI=1S/C11H12ClFO2/c1-6(2)10(11(14)15)7-3-8(12)5-9(13)4-7/h3-6,10H,1-2H3,(H,14,15). The minimum Gasteiger partial charge on any atom is -0.481 e. The Kier molecular flexibility index (Phi) is 3.69. The molecule has 0 saturated carbocycles. The average Bonchev–Trinajstić information content (AvgIpc) is 1.99. The molecule has 4 heteroatoms. The second kappa shape index (κ2) is 4.62. The highest BCUT2D eigenvalue weighted by Gasteiger charge is 2.24. The van der Waals surface area contributed by atoms with Crippen molar-refractivity contribution < 1.29 is 14.3 Å². The number of halogens is 2. The van der Waals surface area contributed by atoms with Crippen molar-refractivity contribution >= 4 is 17.6 Å². The van der Waals surface area contributed by atoms with Crippen molar-refractivity contribution in [1.29, 1.82) is 0 Å². The van der Waals surface area contributed by atoms with E-state index in [1.54, 1.807) is 13.8 Å². The van der Waals surface area contributed by atoms with Crippen molar-refractivity contribution in [3.63, 3.8) is 0 Å². The number of hydrogen-bond acceptors (Lipinski definition) is 1. The summed E-state index contributed by atoms with van der Waals surface area (Å²) in [6, 6.07) is 3.86. The molecule has 0 spiro atoms. The molecule has 0 saturated heterocycles. The quantitative estimate of drug-likeness (QED) is 0.865. The van der Waals surface area contributed by atoms with Crippen LogP contribution in [-0.2, 0) is 4.79 Å². The Morgan fingerprint density at radius 1 is 1.40 bits per heavy atom. The van der Waals surface area contributed by atoms with Crippen LogP contribution in [0.2, 0.25) is 5.02 Å². The van der Waals surface area contributed by atoms with E-state index in [4.69, 9.17) is 16.7 Å². The summed E-state index contributed by atoms with van der Waals surface area (Å²) in [5, 5.41) is 9.23. The van der Waals surface area contributed by atoms with Crippen LogP contribution >= 0.6 is 11.6 Å². The van der Waals surface area contributed by atoms with Crippen molar-refractivity contribution in [3.8, 4) is 0 Å². The van der Waals surface area contributed by atoms with Crippen molar-refractivity contribution in [2.24, 2.45) is 5.92 Å². The molecule has 1 atom stereocenters. The van der Waals surface area contributed by atoms with Gasteiger partial charge in [0.05, 0.1) is 5.92 Å². The van der Waals surface area contributed by atoms with Crippen LogP contribution in [0.4, 0.5) is 4.39 Å². The number of rotatable bonds is 3. The molecule has 0 radical (unpaired) electrons. The van der Waals surface area contributed by atoms with Crippen LogP contribution in [-0.4, -0.2) is 11.1 Å². The molecule has 1 rings (SSSR count). The fourth-order valence-corrected chi connectivity index (χ4v) is 1.80. The topological polar surface area (TPSA) is 37.3 Å². The van der Waals surface area contributed by atoms with Gasteiger partial charge in [-0.2, -0.15) is 0 Å². The van der Waals surface area contributed by atoms with E-state index in [1.807, 2.05) is 0 Å². The molecular formula is C11H12ClFO2. The molecule has 0 heterocycles. The number of hydrogen-bond donors (Lipinski definition) is 1. The molecule has 0 fully saturated rings. The van der Waals surface area contributed by atoms with Gasteiger partial charge in [-0.15, -0.1) is 0 Å². The first kappa shape index (κ1) is 12.0. The first-order valence-corrected chi connectivity index (χ1v) is 4.98. The lowest BCUT2D eigenvalue weighted by Gasteiger charge is -2.16. The number of carboxylic acids is 1. The highest BCUT2D eigenvalue weighted by molar-refractivity contribution is 6.30. The second-order valence-corrected chi connectivity index (χ2v) is 4.20. The molecule has 0 aliphatic heterocycles. The molecule has 0 bridgehead atoms. The molecule has 82 valence electrons. The molecule has 0 amide bonds. The van der Waals surface area contributed by atoms with Gasteiger partial charge >= 0.3 is 5.97 Å². The van der Waals surface area contributed by atoms with Crippen LogP contribution in [0.1, 0.15) is 25.3 Å². The first-order chi connectivity index (χ1) is 6.91. The van der Waals surface area contributed by atoms with E-state index in [0.717, 1.165) is 6.07 Å². The molecular weight excluding hydrogens is 219 g/mol. The Hall–Kier alpha value is -1.09. The number of aliphatic carboxylic acids is 1. The summed E-state index contributed by atoms with van der Waals surface area (Å²) in [5.41, 5.74) is 0.405. The third-order valence-electron chi connectivity index (χ3n) is 2.18. The smallest absolute Gasteiger partial charge is 0.311 e. The number of benzene rings is 1. The van der Waals surface area contributed by atoms with Gasteiger partial charge in [0.2, 0.25) is 0 Å². The highest BCUT2D eigenvalue weighted by Crippen LogP contribution is 2.27. The Morgan fingerprint density at radius 3 is 2.40 bits per heavy atom. The zero-order valence-corrected chi connectivity index (χ0v) is 9.25. The van der Waals surface area contributed by atoms with E-state index in [2.05, 4.69) is 0 Å².